The summed E-state index contributed by atoms with van der Waals surface area (Å²) in [4.78, 5) is 11.6. The maximum Gasteiger partial charge on any atom is 0.134 e. The Balaban J connectivity index is 2.19. The van der Waals surface area contributed by atoms with Gasteiger partial charge in [-0.15, -0.1) is 0 Å². The monoisotopic (exact) mass is 278 g/mol. The van der Waals surface area contributed by atoms with E-state index in [9.17, 15) is 0 Å². The lowest BCUT2D eigenvalue weighted by Gasteiger charge is -2.33. The summed E-state index contributed by atoms with van der Waals surface area (Å²) in [5.74, 6) is 2.89. The first-order chi connectivity index (χ1) is 9.76. The van der Waals surface area contributed by atoms with Crippen LogP contribution in [0.15, 0.2) is 6.07 Å². The van der Waals surface area contributed by atoms with Gasteiger partial charge in [0, 0.05) is 32.1 Å². The van der Waals surface area contributed by atoms with Crippen molar-refractivity contribution < 1.29 is 4.74 Å². The molecule has 1 aliphatic rings. The Bertz CT molecular complexity index is 400. The fraction of sp³-hybridized carbons (Fsp3) is 0.733. The van der Waals surface area contributed by atoms with E-state index >= 15 is 0 Å². The Hall–Kier alpha value is -1.36. The normalized spacial score (nSPS) is 19.1. The van der Waals surface area contributed by atoms with Crippen LogP contribution >= 0.6 is 0 Å². The third-order valence-electron chi connectivity index (χ3n) is 3.51. The maximum absolute atomic E-state index is 5.73. The highest BCUT2D eigenvalue weighted by Gasteiger charge is 2.21. The molecule has 1 fully saturated rings. The number of hydrogen-bond donors (Lipinski definition) is 1. The summed E-state index contributed by atoms with van der Waals surface area (Å²) in [6.07, 6.45) is 3.35. The number of aromatic nitrogens is 2. The molecule has 0 bridgehead atoms. The molecule has 2 heterocycles. The molecule has 1 unspecified atom stereocenters. The van der Waals surface area contributed by atoms with Crippen LogP contribution in [-0.2, 0) is 11.2 Å². The Kier molecular flexibility index (Phi) is 5.59. The summed E-state index contributed by atoms with van der Waals surface area (Å²) in [6, 6.07) is 2.06. The van der Waals surface area contributed by atoms with Crippen LogP contribution in [0.3, 0.4) is 0 Å². The van der Waals surface area contributed by atoms with Gasteiger partial charge in [-0.3, -0.25) is 0 Å². The van der Waals surface area contributed by atoms with Gasteiger partial charge in [0.2, 0.25) is 0 Å². The van der Waals surface area contributed by atoms with Gasteiger partial charge in [0.15, 0.2) is 0 Å². The minimum atomic E-state index is 0.316. The lowest BCUT2D eigenvalue weighted by molar-refractivity contribution is 0.0381. The third-order valence-corrected chi connectivity index (χ3v) is 3.51. The molecule has 0 saturated carbocycles. The molecule has 0 aromatic carbocycles. The predicted molar refractivity (Wildman–Crippen MR) is 82.4 cm³/mol. The molecule has 0 amide bonds. The lowest BCUT2D eigenvalue weighted by Crippen LogP contribution is -2.42. The fourth-order valence-electron chi connectivity index (χ4n) is 2.43. The van der Waals surface area contributed by atoms with E-state index in [4.69, 9.17) is 9.72 Å². The van der Waals surface area contributed by atoms with Gasteiger partial charge in [0.25, 0.3) is 0 Å². The summed E-state index contributed by atoms with van der Waals surface area (Å²) >= 11 is 0. The average molecular weight is 278 g/mol. The summed E-state index contributed by atoms with van der Waals surface area (Å²) in [6.45, 7) is 9.90. The van der Waals surface area contributed by atoms with Gasteiger partial charge >= 0.3 is 0 Å². The van der Waals surface area contributed by atoms with Crippen molar-refractivity contribution >= 4 is 11.6 Å². The van der Waals surface area contributed by atoms with Crippen molar-refractivity contribution in [3.05, 3.63) is 11.9 Å². The molecule has 0 spiro atoms. The van der Waals surface area contributed by atoms with E-state index in [1.54, 1.807) is 0 Å². The van der Waals surface area contributed by atoms with Crippen LogP contribution < -0.4 is 10.2 Å². The molecule has 1 saturated heterocycles. The van der Waals surface area contributed by atoms with Gasteiger partial charge in [0.05, 0.1) is 12.7 Å². The lowest BCUT2D eigenvalue weighted by atomic mass is 10.2. The van der Waals surface area contributed by atoms with Crippen molar-refractivity contribution in [2.75, 3.05) is 36.5 Å². The highest BCUT2D eigenvalue weighted by molar-refractivity contribution is 5.49. The molecule has 0 aliphatic carbocycles. The van der Waals surface area contributed by atoms with Gasteiger partial charge in [-0.05, 0) is 19.8 Å². The standard InChI is InChI=1S/C15H26N4O/c1-4-7-13-17-14(16-6-3)10-15(18-13)19-8-9-20-12(5-2)11-19/h10,12H,4-9,11H2,1-3H3,(H,16,17,18). The number of aryl methyl sites for hydroxylation is 1. The molecule has 5 nitrogen and oxygen atoms in total. The first-order valence-electron chi connectivity index (χ1n) is 7.75. The molecule has 1 N–H and O–H groups in total. The van der Waals surface area contributed by atoms with Crippen molar-refractivity contribution in [1.29, 1.82) is 0 Å². The van der Waals surface area contributed by atoms with Crippen LogP contribution in [0, 0.1) is 0 Å². The number of rotatable bonds is 6. The highest BCUT2D eigenvalue weighted by Crippen LogP contribution is 2.20. The van der Waals surface area contributed by atoms with E-state index < -0.39 is 0 Å². The zero-order valence-electron chi connectivity index (χ0n) is 12.9. The van der Waals surface area contributed by atoms with E-state index in [0.29, 0.717) is 6.10 Å². The molecule has 1 aromatic heterocycles. The zero-order valence-corrected chi connectivity index (χ0v) is 12.9. The zero-order chi connectivity index (χ0) is 14.4. The van der Waals surface area contributed by atoms with E-state index in [1.807, 2.05) is 0 Å². The first kappa shape index (κ1) is 15.0. The van der Waals surface area contributed by atoms with Crippen molar-refractivity contribution in [2.24, 2.45) is 0 Å². The summed E-state index contributed by atoms with van der Waals surface area (Å²) in [7, 11) is 0. The van der Waals surface area contributed by atoms with Crippen molar-refractivity contribution in [2.45, 2.75) is 46.1 Å². The molecule has 1 atom stereocenters. The van der Waals surface area contributed by atoms with Crippen LogP contribution in [0.1, 0.15) is 39.4 Å². The molecule has 1 aromatic rings. The van der Waals surface area contributed by atoms with Gasteiger partial charge in [0.1, 0.15) is 17.5 Å². The molecule has 5 heteroatoms. The van der Waals surface area contributed by atoms with Crippen LogP contribution in [0.4, 0.5) is 11.6 Å². The van der Waals surface area contributed by atoms with Gasteiger partial charge in [-0.1, -0.05) is 13.8 Å². The number of hydrogen-bond acceptors (Lipinski definition) is 5. The van der Waals surface area contributed by atoms with E-state index in [2.05, 4.69) is 42.0 Å². The largest absolute Gasteiger partial charge is 0.375 e. The van der Waals surface area contributed by atoms with Crippen LogP contribution in [0.5, 0.6) is 0 Å². The number of ether oxygens (including phenoxy) is 1. The third kappa shape index (κ3) is 3.82. The number of nitrogens with zero attached hydrogens (tertiary/aromatic N) is 3. The highest BCUT2D eigenvalue weighted by atomic mass is 16.5. The minimum absolute atomic E-state index is 0.316. The van der Waals surface area contributed by atoms with E-state index in [-0.39, 0.29) is 0 Å². The quantitative estimate of drug-likeness (QED) is 0.866. The maximum atomic E-state index is 5.73. The molecular formula is C15H26N4O. The van der Waals surface area contributed by atoms with Crippen LogP contribution in [-0.4, -0.2) is 42.3 Å². The number of anilines is 2. The van der Waals surface area contributed by atoms with E-state index in [0.717, 1.165) is 63.0 Å². The smallest absolute Gasteiger partial charge is 0.134 e. The molecule has 1 aliphatic heterocycles. The second-order valence-corrected chi connectivity index (χ2v) is 5.16. The molecule has 2 rings (SSSR count). The van der Waals surface area contributed by atoms with Gasteiger partial charge in [-0.2, -0.15) is 0 Å². The second-order valence-electron chi connectivity index (χ2n) is 5.16. The Labute approximate surface area is 121 Å². The Morgan fingerprint density at radius 1 is 1.35 bits per heavy atom. The summed E-state index contributed by atoms with van der Waals surface area (Å²) in [5.41, 5.74) is 0. The van der Waals surface area contributed by atoms with Crippen molar-refractivity contribution in [3.8, 4) is 0 Å². The summed E-state index contributed by atoms with van der Waals surface area (Å²) < 4.78 is 5.73. The van der Waals surface area contributed by atoms with Crippen LogP contribution in [0.25, 0.3) is 0 Å². The second kappa shape index (κ2) is 7.43. The molecule has 0 radical (unpaired) electrons. The summed E-state index contributed by atoms with van der Waals surface area (Å²) in [5, 5.41) is 3.30. The van der Waals surface area contributed by atoms with Crippen molar-refractivity contribution in [1.82, 2.24) is 9.97 Å². The Morgan fingerprint density at radius 2 is 2.20 bits per heavy atom. The van der Waals surface area contributed by atoms with E-state index in [1.165, 1.54) is 0 Å². The van der Waals surface area contributed by atoms with Gasteiger partial charge in [-0.25, -0.2) is 9.97 Å². The molecule has 112 valence electrons. The van der Waals surface area contributed by atoms with Crippen molar-refractivity contribution in [3.63, 3.8) is 0 Å². The SMILES string of the molecule is CCCc1nc(NCC)cc(N2CCOC(CC)C2)n1. The molecular weight excluding hydrogens is 252 g/mol. The van der Waals surface area contributed by atoms with Crippen LogP contribution in [0.2, 0.25) is 0 Å². The topological polar surface area (TPSA) is 50.3 Å². The average Bonchev–Trinajstić information content (AvgIpc) is 2.48. The predicted octanol–water partition coefficient (Wildman–Crippen LogP) is 2.48. The fourth-order valence-corrected chi connectivity index (χ4v) is 2.43. The van der Waals surface area contributed by atoms with Gasteiger partial charge < -0.3 is 15.0 Å². The number of nitrogens with one attached hydrogen (secondary N) is 1. The minimum Gasteiger partial charge on any atom is -0.375 e. The Morgan fingerprint density at radius 3 is 2.90 bits per heavy atom. The first-order valence-corrected chi connectivity index (χ1v) is 7.75. The number of morpholine rings is 1. The molecule has 20 heavy (non-hydrogen) atoms.